The average molecular weight is 193 g/mol. The van der Waals surface area contributed by atoms with Gasteiger partial charge in [-0.3, -0.25) is 9.78 Å². The molecule has 0 saturated heterocycles. The Morgan fingerprint density at radius 3 is 3.36 bits per heavy atom. The first-order valence-corrected chi connectivity index (χ1v) is 4.40. The minimum atomic E-state index is -0.0965. The minimum Gasteiger partial charge on any atom is -0.488 e. The molecular formula is C9H11N3O2. The molecule has 1 aliphatic rings. The Morgan fingerprint density at radius 2 is 2.57 bits per heavy atom. The monoisotopic (exact) mass is 193 g/mol. The lowest BCUT2D eigenvalue weighted by molar-refractivity contribution is -0.117. The van der Waals surface area contributed by atoms with Gasteiger partial charge in [0.25, 0.3) is 0 Å². The molecule has 1 aromatic heterocycles. The van der Waals surface area contributed by atoms with Crippen LogP contribution in [0.25, 0.3) is 0 Å². The quantitative estimate of drug-likeness (QED) is 0.668. The second-order valence-electron chi connectivity index (χ2n) is 2.94. The first kappa shape index (κ1) is 8.96. The molecule has 2 heterocycles. The molecule has 1 amide bonds. The maximum Gasteiger partial charge on any atom is 0.240 e. The molecule has 0 radical (unpaired) electrons. The second-order valence-corrected chi connectivity index (χ2v) is 2.94. The number of fused-ring (bicyclic) bond motifs is 1. The van der Waals surface area contributed by atoms with Crippen LogP contribution in [-0.4, -0.2) is 30.6 Å². The van der Waals surface area contributed by atoms with E-state index in [1.807, 2.05) is 0 Å². The van der Waals surface area contributed by atoms with Gasteiger partial charge < -0.3 is 15.4 Å². The molecule has 0 spiro atoms. The summed E-state index contributed by atoms with van der Waals surface area (Å²) in [6.07, 6.45) is 3.23. The van der Waals surface area contributed by atoms with E-state index in [1.54, 1.807) is 23.4 Å². The number of carbonyl (C=O) groups excluding carboxylic acids is 1. The van der Waals surface area contributed by atoms with Gasteiger partial charge in [-0.05, 0) is 6.07 Å². The predicted octanol–water partition coefficient (Wildman–Crippen LogP) is -0.234. The molecule has 74 valence electrons. The number of aromatic nitrogens is 1. The largest absolute Gasteiger partial charge is 0.488 e. The van der Waals surface area contributed by atoms with Gasteiger partial charge in [-0.1, -0.05) is 0 Å². The number of hydrogen-bond donors (Lipinski definition) is 1. The van der Waals surface area contributed by atoms with Crippen LogP contribution in [0.4, 0.5) is 5.69 Å². The molecule has 0 fully saturated rings. The summed E-state index contributed by atoms with van der Waals surface area (Å²) in [5.74, 6) is 0.543. The van der Waals surface area contributed by atoms with Crippen molar-refractivity contribution in [1.82, 2.24) is 4.98 Å². The van der Waals surface area contributed by atoms with Gasteiger partial charge in [0.15, 0.2) is 5.75 Å². The minimum absolute atomic E-state index is 0.0156. The summed E-state index contributed by atoms with van der Waals surface area (Å²) in [5.41, 5.74) is 6.06. The molecule has 0 aliphatic carbocycles. The summed E-state index contributed by atoms with van der Waals surface area (Å²) in [7, 11) is 0. The maximum atomic E-state index is 11.5. The van der Waals surface area contributed by atoms with Crippen molar-refractivity contribution in [3.05, 3.63) is 18.5 Å². The van der Waals surface area contributed by atoms with Crippen LogP contribution in [0, 0.1) is 0 Å². The summed E-state index contributed by atoms with van der Waals surface area (Å²) in [6.45, 7) is 1.05. The van der Waals surface area contributed by atoms with E-state index in [4.69, 9.17) is 10.5 Å². The molecule has 14 heavy (non-hydrogen) atoms. The highest BCUT2D eigenvalue weighted by Gasteiger charge is 2.22. The molecule has 2 N–H and O–H groups in total. The molecule has 0 unspecified atom stereocenters. The van der Waals surface area contributed by atoms with Crippen LogP contribution in [-0.2, 0) is 4.79 Å². The third-order valence-electron chi connectivity index (χ3n) is 2.10. The third-order valence-corrected chi connectivity index (χ3v) is 2.10. The van der Waals surface area contributed by atoms with Gasteiger partial charge in [0.2, 0.25) is 5.91 Å². The number of nitrogens with zero attached hydrogens (tertiary/aromatic N) is 2. The fraction of sp³-hybridized carbons (Fsp3) is 0.333. The number of rotatable bonds is 1. The van der Waals surface area contributed by atoms with Gasteiger partial charge in [0.1, 0.15) is 6.61 Å². The normalized spacial score (nSPS) is 14.5. The summed E-state index contributed by atoms with van der Waals surface area (Å²) in [6, 6.07) is 1.75. The molecule has 2 rings (SSSR count). The molecule has 0 saturated carbocycles. The van der Waals surface area contributed by atoms with E-state index < -0.39 is 0 Å². The van der Waals surface area contributed by atoms with Crippen molar-refractivity contribution in [2.45, 2.75) is 0 Å². The van der Waals surface area contributed by atoms with Crippen molar-refractivity contribution in [3.63, 3.8) is 0 Å². The van der Waals surface area contributed by atoms with E-state index in [0.717, 1.165) is 5.69 Å². The second kappa shape index (κ2) is 3.63. The van der Waals surface area contributed by atoms with Crippen LogP contribution in [0.2, 0.25) is 0 Å². The number of carbonyl (C=O) groups is 1. The number of ether oxygens (including phenoxy) is 1. The van der Waals surface area contributed by atoms with Crippen molar-refractivity contribution < 1.29 is 9.53 Å². The standard InChI is InChI=1S/C9H11N3O2/c10-5-9(13)12-3-4-14-8-6-11-2-1-7(8)12/h1-2,6H,3-5,10H2. The van der Waals surface area contributed by atoms with E-state index in [2.05, 4.69) is 4.98 Å². The Hall–Kier alpha value is -1.62. The number of amides is 1. The average Bonchev–Trinajstić information content (AvgIpc) is 2.27. The molecule has 0 bridgehead atoms. The van der Waals surface area contributed by atoms with Crippen LogP contribution in [0.1, 0.15) is 0 Å². The number of hydrogen-bond acceptors (Lipinski definition) is 4. The van der Waals surface area contributed by atoms with Gasteiger partial charge in [-0.15, -0.1) is 0 Å². The molecule has 0 atom stereocenters. The fourth-order valence-corrected chi connectivity index (χ4v) is 1.44. The van der Waals surface area contributed by atoms with Gasteiger partial charge in [0.05, 0.1) is 25.0 Å². The molecule has 1 aliphatic heterocycles. The van der Waals surface area contributed by atoms with Crippen molar-refractivity contribution in [3.8, 4) is 5.75 Å². The third kappa shape index (κ3) is 1.42. The summed E-state index contributed by atoms with van der Waals surface area (Å²) >= 11 is 0. The van der Waals surface area contributed by atoms with Crippen molar-refractivity contribution in [2.75, 3.05) is 24.6 Å². The smallest absolute Gasteiger partial charge is 0.240 e. The highest BCUT2D eigenvalue weighted by Crippen LogP contribution is 2.29. The molecular weight excluding hydrogens is 182 g/mol. The molecule has 5 nitrogen and oxygen atoms in total. The van der Waals surface area contributed by atoms with Crippen LogP contribution >= 0.6 is 0 Å². The lowest BCUT2D eigenvalue weighted by atomic mass is 10.3. The van der Waals surface area contributed by atoms with Crippen LogP contribution in [0.15, 0.2) is 18.5 Å². The van der Waals surface area contributed by atoms with Gasteiger partial charge in [-0.2, -0.15) is 0 Å². The van der Waals surface area contributed by atoms with E-state index in [1.165, 1.54) is 0 Å². The molecule has 5 heteroatoms. The first-order valence-electron chi connectivity index (χ1n) is 4.40. The molecule has 0 aromatic carbocycles. The summed E-state index contributed by atoms with van der Waals surface area (Å²) in [5, 5.41) is 0. The summed E-state index contributed by atoms with van der Waals surface area (Å²) in [4.78, 5) is 17.0. The fourth-order valence-electron chi connectivity index (χ4n) is 1.44. The van der Waals surface area contributed by atoms with E-state index in [0.29, 0.717) is 18.9 Å². The lowest BCUT2D eigenvalue weighted by Gasteiger charge is -2.28. The Labute approximate surface area is 81.5 Å². The van der Waals surface area contributed by atoms with Crippen molar-refractivity contribution in [1.29, 1.82) is 0 Å². The Balaban J connectivity index is 2.35. The van der Waals surface area contributed by atoms with Gasteiger partial charge >= 0.3 is 0 Å². The summed E-state index contributed by atoms with van der Waals surface area (Å²) < 4.78 is 5.35. The highest BCUT2D eigenvalue weighted by atomic mass is 16.5. The van der Waals surface area contributed by atoms with Gasteiger partial charge in [-0.25, -0.2) is 0 Å². The lowest BCUT2D eigenvalue weighted by Crippen LogP contribution is -2.41. The van der Waals surface area contributed by atoms with E-state index in [9.17, 15) is 4.79 Å². The van der Waals surface area contributed by atoms with Crippen molar-refractivity contribution >= 4 is 11.6 Å². The van der Waals surface area contributed by atoms with Crippen LogP contribution < -0.4 is 15.4 Å². The van der Waals surface area contributed by atoms with Gasteiger partial charge in [0, 0.05) is 6.20 Å². The van der Waals surface area contributed by atoms with Crippen LogP contribution in [0.3, 0.4) is 0 Å². The molecule has 1 aromatic rings. The highest BCUT2D eigenvalue weighted by molar-refractivity contribution is 5.96. The zero-order valence-electron chi connectivity index (χ0n) is 7.64. The number of pyridine rings is 1. The SMILES string of the molecule is NCC(=O)N1CCOc2cnccc21. The number of nitrogens with two attached hydrogens (primary N) is 1. The Morgan fingerprint density at radius 1 is 1.71 bits per heavy atom. The zero-order valence-corrected chi connectivity index (χ0v) is 7.64. The zero-order chi connectivity index (χ0) is 9.97. The Kier molecular flexibility index (Phi) is 2.32. The first-order chi connectivity index (χ1) is 6.83. The van der Waals surface area contributed by atoms with E-state index >= 15 is 0 Å². The Bertz CT molecular complexity index is 354. The van der Waals surface area contributed by atoms with Crippen molar-refractivity contribution in [2.24, 2.45) is 5.73 Å². The van der Waals surface area contributed by atoms with E-state index in [-0.39, 0.29) is 12.5 Å². The maximum absolute atomic E-state index is 11.5. The topological polar surface area (TPSA) is 68.5 Å². The van der Waals surface area contributed by atoms with Crippen LogP contribution in [0.5, 0.6) is 5.75 Å². The predicted molar refractivity (Wildman–Crippen MR) is 51.1 cm³/mol. The number of anilines is 1.